The average Bonchev–Trinajstić information content (AvgIpc) is 3.21. The van der Waals surface area contributed by atoms with Gasteiger partial charge >= 0.3 is 5.97 Å². The zero-order valence-corrected chi connectivity index (χ0v) is 19.4. The zero-order chi connectivity index (χ0) is 23.1. The molecule has 1 amide bonds. The molecular weight excluding hydrogens is 428 g/mol. The highest BCUT2D eigenvalue weighted by Crippen LogP contribution is 2.39. The number of nitrogens with zero attached hydrogens (tertiary/aromatic N) is 1. The summed E-state index contributed by atoms with van der Waals surface area (Å²) in [6.07, 6.45) is 7.51. The van der Waals surface area contributed by atoms with E-state index in [-0.39, 0.29) is 29.7 Å². The molecule has 1 aromatic carbocycles. The van der Waals surface area contributed by atoms with E-state index in [9.17, 15) is 19.7 Å². The Balaban J connectivity index is 1.80. The summed E-state index contributed by atoms with van der Waals surface area (Å²) in [5.41, 5.74) is 1.25. The number of anilines is 1. The number of ether oxygens (including phenoxy) is 1. The molecule has 1 aliphatic carbocycles. The van der Waals surface area contributed by atoms with Crippen molar-refractivity contribution in [1.82, 2.24) is 0 Å². The molecule has 1 fully saturated rings. The zero-order valence-electron chi connectivity index (χ0n) is 18.6. The number of amides is 1. The predicted molar refractivity (Wildman–Crippen MR) is 126 cm³/mol. The number of thiophene rings is 1. The molecule has 8 heteroatoms. The monoisotopic (exact) mass is 458 g/mol. The van der Waals surface area contributed by atoms with Crippen LogP contribution in [0.3, 0.4) is 0 Å². The fraction of sp³-hybridized carbons (Fsp3) is 0.500. The van der Waals surface area contributed by atoms with Gasteiger partial charge < -0.3 is 10.1 Å². The number of esters is 1. The molecule has 1 aliphatic rings. The predicted octanol–water partition coefficient (Wildman–Crippen LogP) is 6.44. The lowest BCUT2D eigenvalue weighted by atomic mass is 9.79. The lowest BCUT2D eigenvalue weighted by Gasteiger charge is -2.27. The van der Waals surface area contributed by atoms with E-state index in [1.54, 1.807) is 24.4 Å². The Kier molecular flexibility index (Phi) is 8.39. The molecule has 2 aromatic rings. The first-order chi connectivity index (χ1) is 15.4. The normalized spacial score (nSPS) is 18.2. The van der Waals surface area contributed by atoms with Gasteiger partial charge in [-0.2, -0.15) is 0 Å². The average molecular weight is 459 g/mol. The number of benzene rings is 1. The summed E-state index contributed by atoms with van der Waals surface area (Å²) in [5.74, 6) is 0.0216. The van der Waals surface area contributed by atoms with Crippen LogP contribution in [0.4, 0.5) is 10.7 Å². The van der Waals surface area contributed by atoms with Crippen LogP contribution in [0.5, 0.6) is 0 Å². The van der Waals surface area contributed by atoms with E-state index in [2.05, 4.69) is 12.2 Å². The van der Waals surface area contributed by atoms with Gasteiger partial charge in [0.2, 0.25) is 5.91 Å². The Morgan fingerprint density at radius 3 is 2.62 bits per heavy atom. The van der Waals surface area contributed by atoms with E-state index in [1.807, 2.05) is 0 Å². The molecule has 1 saturated carbocycles. The molecular formula is C24H30N2O5S. The number of non-ortho nitro benzene ring substituents is 1. The number of hydrogen-bond donors (Lipinski definition) is 1. The van der Waals surface area contributed by atoms with Crippen molar-refractivity contribution >= 4 is 33.9 Å². The molecule has 0 bridgehead atoms. The Morgan fingerprint density at radius 1 is 1.22 bits per heavy atom. The Hall–Kier alpha value is -2.74. The number of nitrogens with one attached hydrogen (secondary N) is 1. The molecule has 0 radical (unpaired) electrons. The van der Waals surface area contributed by atoms with Crippen molar-refractivity contribution in [3.05, 3.63) is 45.3 Å². The Labute approximate surface area is 192 Å². The van der Waals surface area contributed by atoms with E-state index in [0.29, 0.717) is 22.0 Å². The van der Waals surface area contributed by atoms with Gasteiger partial charge in [-0.1, -0.05) is 38.3 Å². The fourth-order valence-corrected chi connectivity index (χ4v) is 5.24. The van der Waals surface area contributed by atoms with E-state index in [1.165, 1.54) is 42.7 Å². The van der Waals surface area contributed by atoms with Gasteiger partial charge in [-0.05, 0) is 44.1 Å². The van der Waals surface area contributed by atoms with Crippen molar-refractivity contribution < 1.29 is 19.2 Å². The summed E-state index contributed by atoms with van der Waals surface area (Å²) in [5, 5.41) is 16.3. The third-order valence-corrected chi connectivity index (χ3v) is 6.95. The number of unbranched alkanes of at least 4 members (excludes halogenated alkanes) is 1. The van der Waals surface area contributed by atoms with Crippen LogP contribution >= 0.6 is 11.3 Å². The van der Waals surface area contributed by atoms with E-state index < -0.39 is 10.9 Å². The maximum Gasteiger partial charge on any atom is 0.341 e. The number of rotatable bonds is 9. The summed E-state index contributed by atoms with van der Waals surface area (Å²) >= 11 is 1.24. The molecule has 0 spiro atoms. The number of hydrogen-bond acceptors (Lipinski definition) is 6. The summed E-state index contributed by atoms with van der Waals surface area (Å²) in [6, 6.07) is 6.11. The topological polar surface area (TPSA) is 98.5 Å². The molecule has 7 nitrogen and oxygen atoms in total. The number of carbonyl (C=O) groups excluding carboxylic acids is 2. The lowest BCUT2D eigenvalue weighted by molar-refractivity contribution is -0.384. The number of nitro benzene ring substituents is 1. The first-order valence-corrected chi connectivity index (χ1v) is 12.2. The second-order valence-electron chi connectivity index (χ2n) is 8.23. The maximum atomic E-state index is 13.0. The highest BCUT2D eigenvalue weighted by molar-refractivity contribution is 7.15. The van der Waals surface area contributed by atoms with Gasteiger partial charge in [-0.3, -0.25) is 14.9 Å². The van der Waals surface area contributed by atoms with Crippen LogP contribution in [-0.2, 0) is 9.53 Å². The molecule has 1 aromatic heterocycles. The largest absolute Gasteiger partial charge is 0.462 e. The minimum absolute atomic E-state index is 0.0612. The molecule has 0 aliphatic heterocycles. The van der Waals surface area contributed by atoms with Gasteiger partial charge in [-0.25, -0.2) is 4.79 Å². The molecule has 1 heterocycles. The molecule has 0 saturated heterocycles. The van der Waals surface area contributed by atoms with Crippen molar-refractivity contribution in [3.63, 3.8) is 0 Å². The molecule has 172 valence electrons. The van der Waals surface area contributed by atoms with Crippen molar-refractivity contribution in [2.45, 2.75) is 58.8 Å². The van der Waals surface area contributed by atoms with Crippen LogP contribution in [0.25, 0.3) is 11.1 Å². The summed E-state index contributed by atoms with van der Waals surface area (Å²) in [4.78, 5) is 36.4. The summed E-state index contributed by atoms with van der Waals surface area (Å²) < 4.78 is 5.23. The molecule has 1 N–H and O–H groups in total. The molecule has 0 unspecified atom stereocenters. The number of carbonyl (C=O) groups is 2. The third kappa shape index (κ3) is 5.73. The SMILES string of the molecule is CCCCC1CCC(C(=O)Nc2scc(-c3cccc([N+](=O)[O-])c3)c2C(=O)OCC)CC1. The van der Waals surface area contributed by atoms with Crippen LogP contribution in [0, 0.1) is 22.0 Å². The fourth-order valence-electron chi connectivity index (χ4n) is 4.28. The van der Waals surface area contributed by atoms with Crippen LogP contribution in [0.2, 0.25) is 0 Å². The van der Waals surface area contributed by atoms with Crippen LogP contribution in [0.1, 0.15) is 69.2 Å². The van der Waals surface area contributed by atoms with Gasteiger partial charge in [0.25, 0.3) is 5.69 Å². The van der Waals surface area contributed by atoms with Gasteiger partial charge in [0.1, 0.15) is 10.6 Å². The van der Waals surface area contributed by atoms with E-state index in [0.717, 1.165) is 25.7 Å². The van der Waals surface area contributed by atoms with Crippen LogP contribution in [-0.4, -0.2) is 23.4 Å². The maximum absolute atomic E-state index is 13.0. The minimum Gasteiger partial charge on any atom is -0.462 e. The second-order valence-corrected chi connectivity index (χ2v) is 9.11. The molecule has 3 rings (SSSR count). The number of nitro groups is 1. The third-order valence-electron chi connectivity index (χ3n) is 6.06. The Bertz CT molecular complexity index is 963. The minimum atomic E-state index is -0.547. The van der Waals surface area contributed by atoms with E-state index >= 15 is 0 Å². The van der Waals surface area contributed by atoms with E-state index in [4.69, 9.17) is 4.74 Å². The Morgan fingerprint density at radius 2 is 1.97 bits per heavy atom. The second kappa shape index (κ2) is 11.2. The highest BCUT2D eigenvalue weighted by atomic mass is 32.1. The van der Waals surface area contributed by atoms with Crippen molar-refractivity contribution in [3.8, 4) is 11.1 Å². The highest BCUT2D eigenvalue weighted by Gasteiger charge is 2.29. The van der Waals surface area contributed by atoms with Crippen molar-refractivity contribution in [1.29, 1.82) is 0 Å². The van der Waals surface area contributed by atoms with Crippen LogP contribution < -0.4 is 5.32 Å². The first kappa shape index (κ1) is 23.9. The van der Waals surface area contributed by atoms with Gasteiger partial charge in [-0.15, -0.1) is 11.3 Å². The smallest absolute Gasteiger partial charge is 0.341 e. The van der Waals surface area contributed by atoms with Crippen molar-refractivity contribution in [2.75, 3.05) is 11.9 Å². The standard InChI is InChI=1S/C24H30N2O5S/c1-3-5-7-16-10-12-17(13-11-16)22(27)25-23-21(24(28)31-4-2)20(15-32-23)18-8-6-9-19(14-18)26(29)30/h6,8-9,14-17H,3-5,7,10-13H2,1-2H3,(H,25,27). The van der Waals surface area contributed by atoms with Gasteiger partial charge in [0.15, 0.2) is 0 Å². The van der Waals surface area contributed by atoms with Gasteiger partial charge in [0, 0.05) is 29.0 Å². The molecule has 32 heavy (non-hydrogen) atoms. The molecule has 0 atom stereocenters. The quantitative estimate of drug-likeness (QED) is 0.265. The summed E-state index contributed by atoms with van der Waals surface area (Å²) in [6.45, 7) is 4.11. The first-order valence-electron chi connectivity index (χ1n) is 11.3. The lowest BCUT2D eigenvalue weighted by Crippen LogP contribution is -2.27. The van der Waals surface area contributed by atoms with Crippen molar-refractivity contribution in [2.24, 2.45) is 11.8 Å². The van der Waals surface area contributed by atoms with Crippen LogP contribution in [0.15, 0.2) is 29.6 Å². The summed E-state index contributed by atoms with van der Waals surface area (Å²) in [7, 11) is 0. The van der Waals surface area contributed by atoms with Gasteiger partial charge in [0.05, 0.1) is 11.5 Å².